The number of aromatic nitrogens is 3. The Bertz CT molecular complexity index is 1410. The van der Waals surface area contributed by atoms with E-state index >= 15 is 0 Å². The average molecular weight is 362 g/mol. The quantitative estimate of drug-likeness (QED) is 0.382. The summed E-state index contributed by atoms with van der Waals surface area (Å²) in [6.45, 7) is 2.25. The fraction of sp³-hybridized carbons (Fsp3) is 0.120. The van der Waals surface area contributed by atoms with Gasteiger partial charge in [0, 0.05) is 23.9 Å². The molecule has 5 aromatic rings. The van der Waals surface area contributed by atoms with E-state index in [0.29, 0.717) is 0 Å². The number of rotatable bonds is 1. The van der Waals surface area contributed by atoms with Gasteiger partial charge in [0.05, 0.1) is 22.3 Å². The van der Waals surface area contributed by atoms with Crippen LogP contribution in [0.3, 0.4) is 0 Å². The number of nitrogens with zero attached hydrogens (tertiary/aromatic N) is 3. The van der Waals surface area contributed by atoms with Gasteiger partial charge in [-0.3, -0.25) is 4.57 Å². The maximum Gasteiger partial charge on any atom is 0.212 e. The molecular weight excluding hydrogens is 342 g/mol. The fourth-order valence-electron chi connectivity index (χ4n) is 4.82. The van der Waals surface area contributed by atoms with Crippen LogP contribution in [0.25, 0.3) is 38.8 Å². The molecule has 0 fully saturated rings. The minimum absolute atomic E-state index is 0.861. The smallest absolute Gasteiger partial charge is 0.212 e. The number of imidazole rings is 1. The molecule has 1 aliphatic heterocycles. The third-order valence-electron chi connectivity index (χ3n) is 6.05. The maximum absolute atomic E-state index is 4.96. The van der Waals surface area contributed by atoms with Gasteiger partial charge in [-0.2, -0.15) is 0 Å². The van der Waals surface area contributed by atoms with Crippen LogP contribution < -0.4 is 4.57 Å². The zero-order valence-electron chi connectivity index (χ0n) is 16.0. The number of hydrogen-bond acceptors (Lipinski definition) is 1. The second-order valence-corrected chi connectivity index (χ2v) is 7.60. The molecule has 3 heteroatoms. The fourth-order valence-corrected chi connectivity index (χ4v) is 4.82. The predicted octanol–water partition coefficient (Wildman–Crippen LogP) is 4.88. The minimum Gasteiger partial charge on any atom is -0.295 e. The standard InChI is InChI=1S/C25H20N3/c1-16-17-9-3-4-10-18(17)25-19(24(16)22-13-7-8-14-27(22)2)15-23-26-20-11-5-6-12-21(20)28(23)25/h3-14H,15H2,1-2H3/q+1. The largest absolute Gasteiger partial charge is 0.295 e. The minimum atomic E-state index is 0.861. The van der Waals surface area contributed by atoms with Crippen molar-refractivity contribution in [3.05, 3.63) is 89.9 Å². The van der Waals surface area contributed by atoms with Gasteiger partial charge in [-0.1, -0.05) is 36.4 Å². The molecule has 0 spiro atoms. The van der Waals surface area contributed by atoms with E-state index in [9.17, 15) is 0 Å². The first kappa shape index (κ1) is 15.6. The van der Waals surface area contributed by atoms with Gasteiger partial charge in [-0.05, 0) is 41.6 Å². The van der Waals surface area contributed by atoms with E-state index in [4.69, 9.17) is 4.98 Å². The van der Waals surface area contributed by atoms with Crippen LogP contribution >= 0.6 is 0 Å². The third kappa shape index (κ3) is 1.93. The maximum atomic E-state index is 4.96. The Morgan fingerprint density at radius 2 is 1.64 bits per heavy atom. The summed E-state index contributed by atoms with van der Waals surface area (Å²) in [6.07, 6.45) is 2.99. The summed E-state index contributed by atoms with van der Waals surface area (Å²) < 4.78 is 4.59. The van der Waals surface area contributed by atoms with Crippen molar-refractivity contribution >= 4 is 21.8 Å². The number of hydrogen-bond donors (Lipinski definition) is 0. The lowest BCUT2D eigenvalue weighted by Gasteiger charge is -2.16. The molecule has 134 valence electrons. The molecule has 0 unspecified atom stereocenters. The van der Waals surface area contributed by atoms with Crippen LogP contribution in [-0.2, 0) is 13.5 Å². The van der Waals surface area contributed by atoms with E-state index in [2.05, 4.69) is 96.0 Å². The SMILES string of the molecule is Cc1c(-c2cccc[n+]2C)c2c(c3ccccc13)-n1c(nc3ccccc31)C2. The van der Waals surface area contributed by atoms with Crippen molar-refractivity contribution in [2.45, 2.75) is 13.3 Å². The summed E-state index contributed by atoms with van der Waals surface area (Å²) in [6, 6.07) is 23.6. The van der Waals surface area contributed by atoms with Crippen molar-refractivity contribution in [1.82, 2.24) is 9.55 Å². The number of benzene rings is 3. The topological polar surface area (TPSA) is 21.7 Å². The van der Waals surface area contributed by atoms with Gasteiger partial charge in [-0.15, -0.1) is 0 Å². The highest BCUT2D eigenvalue weighted by Crippen LogP contribution is 2.43. The number of pyridine rings is 1. The normalized spacial score (nSPS) is 12.5. The van der Waals surface area contributed by atoms with Gasteiger partial charge in [-0.25, -0.2) is 9.55 Å². The Kier molecular flexibility index (Phi) is 3.07. The van der Waals surface area contributed by atoms with Crippen LogP contribution in [-0.4, -0.2) is 9.55 Å². The molecule has 2 aromatic heterocycles. The highest BCUT2D eigenvalue weighted by atomic mass is 15.1. The van der Waals surface area contributed by atoms with E-state index in [1.54, 1.807) is 0 Å². The van der Waals surface area contributed by atoms with Crippen LogP contribution in [0.5, 0.6) is 0 Å². The molecule has 0 atom stereocenters. The molecule has 0 bridgehead atoms. The molecule has 28 heavy (non-hydrogen) atoms. The summed E-state index contributed by atoms with van der Waals surface area (Å²) in [5.41, 5.74) is 8.86. The molecular formula is C25H20N3+. The van der Waals surface area contributed by atoms with Crippen molar-refractivity contribution in [3.63, 3.8) is 0 Å². The molecule has 0 N–H and O–H groups in total. The van der Waals surface area contributed by atoms with Crippen LogP contribution in [0.4, 0.5) is 0 Å². The molecule has 0 aliphatic carbocycles. The van der Waals surface area contributed by atoms with Crippen molar-refractivity contribution in [3.8, 4) is 16.9 Å². The zero-order valence-corrected chi connectivity index (χ0v) is 16.0. The first-order valence-corrected chi connectivity index (χ1v) is 9.70. The molecule has 3 heterocycles. The zero-order chi connectivity index (χ0) is 18.8. The van der Waals surface area contributed by atoms with Crippen LogP contribution in [0.15, 0.2) is 72.9 Å². The Labute approximate surface area is 163 Å². The number of aryl methyl sites for hydroxylation is 2. The van der Waals surface area contributed by atoms with E-state index in [0.717, 1.165) is 17.8 Å². The molecule has 3 aromatic carbocycles. The predicted molar refractivity (Wildman–Crippen MR) is 113 cm³/mol. The molecule has 0 radical (unpaired) electrons. The highest BCUT2D eigenvalue weighted by Gasteiger charge is 2.31. The number of para-hydroxylation sites is 2. The second-order valence-electron chi connectivity index (χ2n) is 7.60. The van der Waals surface area contributed by atoms with Gasteiger partial charge in [0.25, 0.3) is 0 Å². The molecule has 3 nitrogen and oxygen atoms in total. The van der Waals surface area contributed by atoms with E-state index in [1.807, 2.05) is 0 Å². The Hall–Kier alpha value is -3.46. The molecule has 0 amide bonds. The van der Waals surface area contributed by atoms with Crippen LogP contribution in [0.1, 0.15) is 17.0 Å². The van der Waals surface area contributed by atoms with Gasteiger partial charge in [0.15, 0.2) is 6.20 Å². The van der Waals surface area contributed by atoms with E-state index in [-0.39, 0.29) is 0 Å². The molecule has 0 saturated heterocycles. The van der Waals surface area contributed by atoms with Gasteiger partial charge < -0.3 is 0 Å². The van der Waals surface area contributed by atoms with Crippen molar-refractivity contribution in [2.75, 3.05) is 0 Å². The lowest BCUT2D eigenvalue weighted by atomic mass is 9.90. The second kappa shape index (κ2) is 5.52. The van der Waals surface area contributed by atoms with E-state index < -0.39 is 0 Å². The Morgan fingerprint density at radius 1 is 0.893 bits per heavy atom. The van der Waals surface area contributed by atoms with Crippen LogP contribution in [0, 0.1) is 6.92 Å². The lowest BCUT2D eigenvalue weighted by Crippen LogP contribution is -2.30. The first-order valence-electron chi connectivity index (χ1n) is 9.70. The Balaban J connectivity index is 1.82. The summed E-state index contributed by atoms with van der Waals surface area (Å²) in [7, 11) is 2.12. The van der Waals surface area contributed by atoms with Gasteiger partial charge >= 0.3 is 0 Å². The van der Waals surface area contributed by atoms with Crippen molar-refractivity contribution in [1.29, 1.82) is 0 Å². The summed E-state index contributed by atoms with van der Waals surface area (Å²) in [5, 5.41) is 2.62. The van der Waals surface area contributed by atoms with E-state index in [1.165, 1.54) is 44.4 Å². The average Bonchev–Trinajstić information content (AvgIpc) is 3.25. The summed E-state index contributed by atoms with van der Waals surface area (Å²) in [5.74, 6) is 1.13. The molecule has 6 rings (SSSR count). The summed E-state index contributed by atoms with van der Waals surface area (Å²) in [4.78, 5) is 4.96. The van der Waals surface area contributed by atoms with Crippen molar-refractivity contribution in [2.24, 2.45) is 7.05 Å². The number of fused-ring (bicyclic) bond motifs is 7. The molecule has 1 aliphatic rings. The van der Waals surface area contributed by atoms with Crippen molar-refractivity contribution < 1.29 is 4.57 Å². The Morgan fingerprint density at radius 3 is 2.50 bits per heavy atom. The van der Waals surface area contributed by atoms with Gasteiger partial charge in [0.2, 0.25) is 5.69 Å². The summed E-state index contributed by atoms with van der Waals surface area (Å²) >= 11 is 0. The van der Waals surface area contributed by atoms with Gasteiger partial charge in [0.1, 0.15) is 12.9 Å². The first-order chi connectivity index (χ1) is 13.7. The van der Waals surface area contributed by atoms with Crippen LogP contribution in [0.2, 0.25) is 0 Å². The molecule has 0 saturated carbocycles. The highest BCUT2D eigenvalue weighted by molar-refractivity contribution is 6.02. The third-order valence-corrected chi connectivity index (χ3v) is 6.05. The lowest BCUT2D eigenvalue weighted by molar-refractivity contribution is -0.660. The monoisotopic (exact) mass is 362 g/mol.